The molecule has 258 valence electrons. The fourth-order valence-corrected chi connectivity index (χ4v) is 8.21. The van der Waals surface area contributed by atoms with Crippen LogP contribution in [0.2, 0.25) is 0 Å². The Morgan fingerprint density at radius 1 is 0.700 bits per heavy atom. The third kappa shape index (κ3) is 5.49. The van der Waals surface area contributed by atoms with Crippen LogP contribution in [0.3, 0.4) is 0 Å². The van der Waals surface area contributed by atoms with Crippen LogP contribution in [-0.2, 0) is 9.47 Å². The number of likely N-dealkylation sites (tertiary alicyclic amines) is 2. The molecule has 0 bridgehead atoms. The second kappa shape index (κ2) is 10.8. The number of imidazole rings is 2. The largest absolute Gasteiger partial charge is 0.444 e. The van der Waals surface area contributed by atoms with E-state index in [4.69, 9.17) is 19.4 Å². The highest BCUT2D eigenvalue weighted by atomic mass is 16.6. The Morgan fingerprint density at radius 2 is 1.28 bits per heavy atom. The molecule has 4 heterocycles. The zero-order valence-electron chi connectivity index (χ0n) is 29.5. The smallest absolute Gasteiger partial charge is 0.411 e. The summed E-state index contributed by atoms with van der Waals surface area (Å²) >= 11 is 0. The molecule has 9 rings (SSSR count). The van der Waals surface area contributed by atoms with Gasteiger partial charge in [-0.05, 0) is 113 Å². The highest BCUT2D eigenvalue weighted by Crippen LogP contribution is 2.54. The van der Waals surface area contributed by atoms with Crippen molar-refractivity contribution in [1.82, 2.24) is 29.7 Å². The van der Waals surface area contributed by atoms with Crippen molar-refractivity contribution >= 4 is 34.0 Å². The number of nitrogens with zero attached hydrogens (tertiary/aromatic N) is 4. The van der Waals surface area contributed by atoms with E-state index >= 15 is 0 Å². The normalized spacial score (nSPS) is 25.6. The number of benzene rings is 3. The van der Waals surface area contributed by atoms with Gasteiger partial charge in [-0.25, -0.2) is 19.6 Å². The lowest BCUT2D eigenvalue weighted by molar-refractivity contribution is 0.0164. The minimum atomic E-state index is -0.540. The van der Waals surface area contributed by atoms with E-state index in [2.05, 4.69) is 64.6 Å². The zero-order chi connectivity index (χ0) is 34.7. The van der Waals surface area contributed by atoms with E-state index in [0.717, 1.165) is 81.5 Å². The molecule has 0 radical (unpaired) electrons. The van der Waals surface area contributed by atoms with Crippen molar-refractivity contribution in [1.29, 1.82) is 0 Å². The summed E-state index contributed by atoms with van der Waals surface area (Å²) in [5.41, 5.74) is 5.01. The first-order chi connectivity index (χ1) is 23.8. The van der Waals surface area contributed by atoms with E-state index in [1.807, 2.05) is 57.5 Å². The molecule has 6 atom stereocenters. The molecule has 4 fully saturated rings. The molecule has 10 heteroatoms. The van der Waals surface area contributed by atoms with Crippen LogP contribution in [0.25, 0.3) is 44.2 Å². The molecule has 2 N–H and O–H groups in total. The van der Waals surface area contributed by atoms with Crippen LogP contribution < -0.4 is 0 Å². The maximum atomic E-state index is 13.2. The molecule has 50 heavy (non-hydrogen) atoms. The highest BCUT2D eigenvalue weighted by molar-refractivity contribution is 6.05. The van der Waals surface area contributed by atoms with Crippen molar-refractivity contribution in [2.24, 2.45) is 11.8 Å². The first-order valence-electron chi connectivity index (χ1n) is 17.9. The van der Waals surface area contributed by atoms with Crippen molar-refractivity contribution < 1.29 is 19.1 Å². The van der Waals surface area contributed by atoms with Crippen molar-refractivity contribution in [3.63, 3.8) is 0 Å². The first kappa shape index (κ1) is 31.1. The van der Waals surface area contributed by atoms with Gasteiger partial charge < -0.3 is 19.4 Å². The summed E-state index contributed by atoms with van der Waals surface area (Å²) in [6, 6.07) is 19.5. The van der Waals surface area contributed by atoms with Crippen LogP contribution in [0, 0.1) is 11.8 Å². The number of ether oxygens (including phenoxy) is 2. The minimum Gasteiger partial charge on any atom is -0.444 e. The van der Waals surface area contributed by atoms with Crippen LogP contribution in [0.4, 0.5) is 9.59 Å². The first-order valence-corrected chi connectivity index (χ1v) is 17.9. The summed E-state index contributed by atoms with van der Waals surface area (Å²) in [5, 5.41) is 2.19. The third-order valence-electron chi connectivity index (χ3n) is 10.7. The van der Waals surface area contributed by atoms with Gasteiger partial charge in [-0.2, -0.15) is 0 Å². The average Bonchev–Trinajstić information content (AvgIpc) is 3.67. The van der Waals surface area contributed by atoms with Crippen LogP contribution in [0.1, 0.15) is 91.0 Å². The molecule has 0 spiro atoms. The van der Waals surface area contributed by atoms with Crippen molar-refractivity contribution in [2.45, 2.75) is 103 Å². The Kier molecular flexibility index (Phi) is 6.74. The summed E-state index contributed by atoms with van der Waals surface area (Å²) in [6.45, 7) is 11.4. The number of amides is 2. The van der Waals surface area contributed by atoms with E-state index in [1.54, 1.807) is 0 Å². The van der Waals surface area contributed by atoms with Crippen LogP contribution in [0.15, 0.2) is 60.8 Å². The van der Waals surface area contributed by atoms with Gasteiger partial charge in [0.1, 0.15) is 22.9 Å². The number of hydrogen-bond acceptors (Lipinski definition) is 6. The van der Waals surface area contributed by atoms with Gasteiger partial charge in [0.25, 0.3) is 0 Å². The Bertz CT molecular complexity index is 2150. The number of carbonyl (C=O) groups is 2. The van der Waals surface area contributed by atoms with Crippen LogP contribution in [-0.4, -0.2) is 65.2 Å². The Balaban J connectivity index is 0.936. The number of nitrogens with one attached hydrogen (secondary N) is 2. The molecule has 2 saturated carbocycles. The maximum Gasteiger partial charge on any atom is 0.411 e. The Hall–Kier alpha value is -4.86. The van der Waals surface area contributed by atoms with Crippen molar-refractivity contribution in [3.8, 4) is 22.4 Å². The molecule has 2 saturated heterocycles. The molecule has 5 aromatic rings. The topological polar surface area (TPSA) is 116 Å². The van der Waals surface area contributed by atoms with Crippen molar-refractivity contribution in [2.75, 3.05) is 0 Å². The second-order valence-corrected chi connectivity index (χ2v) is 16.7. The van der Waals surface area contributed by atoms with Gasteiger partial charge in [0.05, 0.1) is 35.0 Å². The van der Waals surface area contributed by atoms with Gasteiger partial charge in [-0.3, -0.25) is 9.80 Å². The monoisotopic (exact) mass is 672 g/mol. The van der Waals surface area contributed by atoms with E-state index in [0.29, 0.717) is 11.8 Å². The molecule has 2 amide bonds. The standard InChI is InChI=1S/C40H44N6O4/c1-39(2,3)49-37(47)45-30-16-25(30)18-32(45)35-41-20-29(43-35)22-9-7-21(8-10-22)23-11-13-27-24(15-23)12-14-28-34(27)44-36(42-28)33-19-26-17-31(26)46(33)38(48)50-40(4,5)6/h7-15,20,25-26,30-33H,16-19H2,1-6H3,(H,41,43)(H,42,44)/t25-,26-,30-,31-,32+,33+/m1/s1. The third-order valence-corrected chi connectivity index (χ3v) is 10.7. The lowest BCUT2D eigenvalue weighted by Gasteiger charge is -2.29. The minimum absolute atomic E-state index is 0.0935. The number of hydrogen-bond donors (Lipinski definition) is 2. The number of piperidine rings is 2. The number of carbonyl (C=O) groups excluding carboxylic acids is 2. The van der Waals surface area contributed by atoms with Crippen LogP contribution >= 0.6 is 0 Å². The molecule has 3 aromatic carbocycles. The number of aromatic nitrogens is 4. The van der Waals surface area contributed by atoms with Crippen LogP contribution in [0.5, 0.6) is 0 Å². The Labute approximate surface area is 291 Å². The van der Waals surface area contributed by atoms with Crippen molar-refractivity contribution in [3.05, 3.63) is 72.4 Å². The number of aromatic amines is 2. The van der Waals surface area contributed by atoms with E-state index in [1.165, 1.54) is 0 Å². The van der Waals surface area contributed by atoms with Gasteiger partial charge in [-0.15, -0.1) is 0 Å². The summed E-state index contributed by atoms with van der Waals surface area (Å²) in [5.74, 6) is 2.69. The van der Waals surface area contributed by atoms with E-state index in [-0.39, 0.29) is 36.4 Å². The predicted molar refractivity (Wildman–Crippen MR) is 191 cm³/mol. The fourth-order valence-electron chi connectivity index (χ4n) is 8.21. The summed E-state index contributed by atoms with van der Waals surface area (Å²) in [6.07, 6.45) is 5.26. The average molecular weight is 673 g/mol. The SMILES string of the molecule is CC(C)(C)OC(=O)N1[C@@H]2C[C@@H]2C[C@H]1c1ncc(-c2ccc(-c3ccc4c(ccc5[nH]c([C@@H]6C[C@H]7C[C@H]7N6C(=O)OC(C)(C)C)nc54)c3)cc2)[nH]1. The van der Waals surface area contributed by atoms with E-state index < -0.39 is 11.2 Å². The second-order valence-electron chi connectivity index (χ2n) is 16.7. The van der Waals surface area contributed by atoms with Gasteiger partial charge in [0, 0.05) is 17.5 Å². The fraction of sp³-hybridized carbons (Fsp3) is 0.450. The number of H-pyrrole nitrogens is 2. The Morgan fingerprint density at radius 3 is 1.90 bits per heavy atom. The molecule has 2 aliphatic heterocycles. The van der Waals surface area contributed by atoms with E-state index in [9.17, 15) is 9.59 Å². The number of fused-ring (bicyclic) bond motifs is 5. The predicted octanol–water partition coefficient (Wildman–Crippen LogP) is 8.91. The number of rotatable bonds is 4. The molecule has 2 aromatic heterocycles. The zero-order valence-corrected chi connectivity index (χ0v) is 29.5. The highest BCUT2D eigenvalue weighted by Gasteiger charge is 2.57. The molecule has 10 nitrogen and oxygen atoms in total. The summed E-state index contributed by atoms with van der Waals surface area (Å²) < 4.78 is 11.5. The molecular formula is C40H44N6O4. The van der Waals surface area contributed by atoms with Gasteiger partial charge in [0.15, 0.2) is 0 Å². The molecule has 2 aliphatic carbocycles. The maximum absolute atomic E-state index is 13.2. The quantitative estimate of drug-likeness (QED) is 0.197. The van der Waals surface area contributed by atoms with Gasteiger partial charge in [0.2, 0.25) is 0 Å². The van der Waals surface area contributed by atoms with Gasteiger partial charge in [-0.1, -0.05) is 42.5 Å². The molecule has 4 aliphatic rings. The molecular weight excluding hydrogens is 628 g/mol. The lowest BCUT2D eigenvalue weighted by Crippen LogP contribution is -2.38. The summed E-state index contributed by atoms with van der Waals surface area (Å²) in [4.78, 5) is 46.9. The molecule has 0 unspecified atom stereocenters. The van der Waals surface area contributed by atoms with Gasteiger partial charge >= 0.3 is 12.2 Å². The summed E-state index contributed by atoms with van der Waals surface area (Å²) in [7, 11) is 0. The lowest BCUT2D eigenvalue weighted by atomic mass is 9.99.